The van der Waals surface area contributed by atoms with E-state index in [-0.39, 0.29) is 17.3 Å². The van der Waals surface area contributed by atoms with Crippen molar-refractivity contribution in [3.05, 3.63) is 63.7 Å². The number of hydrogen-bond acceptors (Lipinski definition) is 4. The monoisotopic (exact) mass is 299 g/mol. The van der Waals surface area contributed by atoms with Crippen LogP contribution in [0.4, 0.5) is 17.1 Å². The molecule has 0 saturated carbocycles. The van der Waals surface area contributed by atoms with Gasteiger partial charge in [0.25, 0.3) is 11.6 Å². The molecule has 0 bridgehead atoms. The number of carbonyl (C=O) groups excluding carboxylic acids is 1. The van der Waals surface area contributed by atoms with Crippen molar-refractivity contribution in [2.75, 3.05) is 24.3 Å². The van der Waals surface area contributed by atoms with Gasteiger partial charge in [0.1, 0.15) is 5.69 Å². The summed E-state index contributed by atoms with van der Waals surface area (Å²) in [5, 5.41) is 13.7. The number of benzene rings is 2. The Labute approximate surface area is 128 Å². The third kappa shape index (κ3) is 3.41. The Morgan fingerprint density at radius 1 is 1.18 bits per heavy atom. The third-order valence-electron chi connectivity index (χ3n) is 3.22. The van der Waals surface area contributed by atoms with E-state index in [4.69, 9.17) is 0 Å². The molecule has 2 aromatic carbocycles. The molecule has 1 N–H and O–H groups in total. The Morgan fingerprint density at radius 2 is 1.91 bits per heavy atom. The number of hydrogen-bond donors (Lipinski definition) is 1. The zero-order chi connectivity index (χ0) is 16.3. The second-order valence-electron chi connectivity index (χ2n) is 5.18. The highest BCUT2D eigenvalue weighted by molar-refractivity contribution is 6.05. The highest BCUT2D eigenvalue weighted by atomic mass is 16.6. The molecule has 0 aromatic heterocycles. The van der Waals surface area contributed by atoms with E-state index in [2.05, 4.69) is 5.32 Å². The fourth-order valence-electron chi connectivity index (χ4n) is 2.02. The van der Waals surface area contributed by atoms with Crippen molar-refractivity contribution in [1.82, 2.24) is 0 Å². The van der Waals surface area contributed by atoms with Gasteiger partial charge in [0.2, 0.25) is 0 Å². The van der Waals surface area contributed by atoms with Crippen LogP contribution in [0.5, 0.6) is 0 Å². The van der Waals surface area contributed by atoms with Crippen LogP contribution in [0.25, 0.3) is 0 Å². The molecule has 0 saturated heterocycles. The van der Waals surface area contributed by atoms with E-state index in [9.17, 15) is 14.9 Å². The summed E-state index contributed by atoms with van der Waals surface area (Å²) in [5.41, 5.74) is 2.17. The number of carbonyl (C=O) groups is 1. The highest BCUT2D eigenvalue weighted by Gasteiger charge is 2.17. The minimum atomic E-state index is -0.501. The van der Waals surface area contributed by atoms with Gasteiger partial charge in [-0.2, -0.15) is 0 Å². The first kappa shape index (κ1) is 15.5. The van der Waals surface area contributed by atoms with Crippen LogP contribution in [0.15, 0.2) is 42.5 Å². The fourth-order valence-corrected chi connectivity index (χ4v) is 2.02. The van der Waals surface area contributed by atoms with Gasteiger partial charge in [0.15, 0.2) is 0 Å². The van der Waals surface area contributed by atoms with Crippen LogP contribution >= 0.6 is 0 Å². The summed E-state index contributed by atoms with van der Waals surface area (Å²) < 4.78 is 0. The Morgan fingerprint density at radius 3 is 2.55 bits per heavy atom. The summed E-state index contributed by atoms with van der Waals surface area (Å²) in [5.74, 6) is -0.379. The van der Waals surface area contributed by atoms with E-state index >= 15 is 0 Å². The van der Waals surface area contributed by atoms with Gasteiger partial charge in [-0.3, -0.25) is 14.9 Å². The highest BCUT2D eigenvalue weighted by Crippen LogP contribution is 2.26. The van der Waals surface area contributed by atoms with Crippen molar-refractivity contribution in [2.24, 2.45) is 0 Å². The quantitative estimate of drug-likeness (QED) is 0.694. The number of amides is 1. The molecule has 0 radical (unpaired) electrons. The number of nitrogens with one attached hydrogen (secondary N) is 1. The average molecular weight is 299 g/mol. The van der Waals surface area contributed by atoms with E-state index in [1.54, 1.807) is 37.3 Å². The Kier molecular flexibility index (Phi) is 4.41. The molecule has 0 aliphatic carbocycles. The minimum absolute atomic E-state index is 0.114. The summed E-state index contributed by atoms with van der Waals surface area (Å²) in [6, 6.07) is 11.8. The average Bonchev–Trinajstić information content (AvgIpc) is 2.48. The summed E-state index contributed by atoms with van der Waals surface area (Å²) in [6.07, 6.45) is 0. The molecule has 0 unspecified atom stereocenters. The molecule has 0 fully saturated rings. The predicted molar refractivity (Wildman–Crippen MR) is 86.6 cm³/mol. The molecule has 6 nitrogen and oxygen atoms in total. The van der Waals surface area contributed by atoms with Crippen molar-refractivity contribution in [3.8, 4) is 0 Å². The van der Waals surface area contributed by atoms with Crippen LogP contribution < -0.4 is 10.2 Å². The molecule has 0 heterocycles. The first-order valence-electron chi connectivity index (χ1n) is 6.72. The number of nitro benzene ring substituents is 1. The van der Waals surface area contributed by atoms with E-state index in [1.807, 2.05) is 25.1 Å². The zero-order valence-electron chi connectivity index (χ0n) is 12.7. The van der Waals surface area contributed by atoms with Gasteiger partial charge < -0.3 is 10.2 Å². The maximum Gasteiger partial charge on any atom is 0.293 e. The van der Waals surface area contributed by atoms with Crippen LogP contribution in [0.2, 0.25) is 0 Å². The van der Waals surface area contributed by atoms with Crippen molar-refractivity contribution in [3.63, 3.8) is 0 Å². The zero-order valence-corrected chi connectivity index (χ0v) is 12.7. The van der Waals surface area contributed by atoms with Crippen LogP contribution in [-0.4, -0.2) is 24.9 Å². The molecular formula is C16H17N3O3. The van der Waals surface area contributed by atoms with E-state index in [0.717, 1.165) is 11.3 Å². The fraction of sp³-hybridized carbons (Fsp3) is 0.188. The molecule has 114 valence electrons. The summed E-state index contributed by atoms with van der Waals surface area (Å²) >= 11 is 0. The van der Waals surface area contributed by atoms with Crippen molar-refractivity contribution in [1.29, 1.82) is 0 Å². The maximum atomic E-state index is 12.3. The molecule has 0 atom stereocenters. The van der Waals surface area contributed by atoms with E-state index in [1.165, 1.54) is 6.07 Å². The molecule has 0 spiro atoms. The lowest BCUT2D eigenvalue weighted by molar-refractivity contribution is -0.384. The maximum absolute atomic E-state index is 12.3. The predicted octanol–water partition coefficient (Wildman–Crippen LogP) is 3.22. The van der Waals surface area contributed by atoms with Crippen LogP contribution in [0, 0.1) is 17.0 Å². The van der Waals surface area contributed by atoms with Gasteiger partial charge in [-0.05, 0) is 36.8 Å². The standard InChI is InChI=1S/C16H17N3O3/c1-11-7-8-14(15(9-11)19(21)22)17-16(20)12-5-4-6-13(10-12)18(2)3/h4-10H,1-3H3,(H,17,20). The Balaban J connectivity index is 2.29. The van der Waals surface area contributed by atoms with Crippen LogP contribution in [-0.2, 0) is 0 Å². The van der Waals surface area contributed by atoms with Gasteiger partial charge in [-0.1, -0.05) is 12.1 Å². The van der Waals surface area contributed by atoms with Crippen molar-refractivity contribution in [2.45, 2.75) is 6.92 Å². The summed E-state index contributed by atoms with van der Waals surface area (Å²) in [4.78, 5) is 24.8. The number of aryl methyl sites for hydroxylation is 1. The Hall–Kier alpha value is -2.89. The molecule has 0 aliphatic heterocycles. The molecule has 22 heavy (non-hydrogen) atoms. The van der Waals surface area contributed by atoms with E-state index < -0.39 is 4.92 Å². The van der Waals surface area contributed by atoms with Gasteiger partial charge in [0, 0.05) is 31.4 Å². The smallest absolute Gasteiger partial charge is 0.293 e. The number of anilines is 2. The summed E-state index contributed by atoms with van der Waals surface area (Å²) in [7, 11) is 3.75. The topological polar surface area (TPSA) is 75.5 Å². The minimum Gasteiger partial charge on any atom is -0.378 e. The van der Waals surface area contributed by atoms with Crippen LogP contribution in [0.3, 0.4) is 0 Å². The van der Waals surface area contributed by atoms with Gasteiger partial charge >= 0.3 is 0 Å². The molecular weight excluding hydrogens is 282 g/mol. The number of nitro groups is 1. The number of rotatable bonds is 4. The lowest BCUT2D eigenvalue weighted by Gasteiger charge is -2.13. The summed E-state index contributed by atoms with van der Waals surface area (Å²) in [6.45, 7) is 1.76. The first-order valence-corrected chi connectivity index (χ1v) is 6.72. The molecule has 0 aliphatic rings. The second kappa shape index (κ2) is 6.26. The second-order valence-corrected chi connectivity index (χ2v) is 5.18. The lowest BCUT2D eigenvalue weighted by atomic mass is 10.1. The molecule has 6 heteroatoms. The van der Waals surface area contributed by atoms with Gasteiger partial charge in [0.05, 0.1) is 4.92 Å². The molecule has 2 rings (SSSR count). The molecule has 1 amide bonds. The Bertz CT molecular complexity index is 726. The normalized spacial score (nSPS) is 10.1. The largest absolute Gasteiger partial charge is 0.378 e. The van der Waals surface area contributed by atoms with Crippen molar-refractivity contribution >= 4 is 23.0 Å². The lowest BCUT2D eigenvalue weighted by Crippen LogP contribution is -2.15. The van der Waals surface area contributed by atoms with Gasteiger partial charge in [-0.15, -0.1) is 0 Å². The molecule has 2 aromatic rings. The number of nitrogens with zero attached hydrogens (tertiary/aromatic N) is 2. The van der Waals surface area contributed by atoms with Crippen molar-refractivity contribution < 1.29 is 9.72 Å². The van der Waals surface area contributed by atoms with E-state index in [0.29, 0.717) is 5.56 Å². The third-order valence-corrected chi connectivity index (χ3v) is 3.22. The SMILES string of the molecule is Cc1ccc(NC(=O)c2cccc(N(C)C)c2)c([N+](=O)[O-])c1. The van der Waals surface area contributed by atoms with Crippen LogP contribution in [0.1, 0.15) is 15.9 Å². The van der Waals surface area contributed by atoms with Gasteiger partial charge in [-0.25, -0.2) is 0 Å². The first-order chi connectivity index (χ1) is 10.4.